The van der Waals surface area contributed by atoms with Gasteiger partial charge in [-0.3, -0.25) is 4.18 Å². The zero-order chi connectivity index (χ0) is 8.98. The molecule has 0 unspecified atom stereocenters. The SMILES string of the molecule is CC12CC(C[C@@H]1OS(C)(=O)=O)C2. The monoisotopic (exact) mass is 190 g/mol. The third kappa shape index (κ3) is 1.27. The van der Waals surface area contributed by atoms with Gasteiger partial charge in [-0.05, 0) is 30.6 Å². The van der Waals surface area contributed by atoms with Gasteiger partial charge in [0.15, 0.2) is 0 Å². The summed E-state index contributed by atoms with van der Waals surface area (Å²) in [6, 6.07) is 0. The molecule has 1 atom stereocenters. The van der Waals surface area contributed by atoms with E-state index in [-0.39, 0.29) is 11.5 Å². The van der Waals surface area contributed by atoms with Crippen molar-refractivity contribution in [2.24, 2.45) is 11.3 Å². The van der Waals surface area contributed by atoms with Gasteiger partial charge in [-0.1, -0.05) is 6.92 Å². The highest BCUT2D eigenvalue weighted by molar-refractivity contribution is 7.86. The van der Waals surface area contributed by atoms with E-state index in [0.29, 0.717) is 0 Å². The van der Waals surface area contributed by atoms with Gasteiger partial charge in [0.25, 0.3) is 10.1 Å². The predicted molar refractivity (Wildman–Crippen MR) is 45.2 cm³/mol. The van der Waals surface area contributed by atoms with Gasteiger partial charge in [-0.15, -0.1) is 0 Å². The summed E-state index contributed by atoms with van der Waals surface area (Å²) in [5.41, 5.74) is 0.160. The molecule has 0 saturated heterocycles. The molecule has 70 valence electrons. The maximum atomic E-state index is 10.9. The van der Waals surface area contributed by atoms with Crippen LogP contribution in [0.15, 0.2) is 0 Å². The molecule has 0 N–H and O–H groups in total. The van der Waals surface area contributed by atoms with Crippen molar-refractivity contribution in [3.05, 3.63) is 0 Å². The number of fused-ring (bicyclic) bond motifs is 1. The zero-order valence-electron chi connectivity index (χ0n) is 7.41. The maximum absolute atomic E-state index is 10.9. The quantitative estimate of drug-likeness (QED) is 0.613. The van der Waals surface area contributed by atoms with E-state index in [1.165, 1.54) is 0 Å². The summed E-state index contributed by atoms with van der Waals surface area (Å²) in [6.45, 7) is 2.12. The van der Waals surface area contributed by atoms with Crippen LogP contribution < -0.4 is 0 Å². The molecule has 0 amide bonds. The molecular weight excluding hydrogens is 176 g/mol. The van der Waals surface area contributed by atoms with Crippen molar-refractivity contribution in [3.8, 4) is 0 Å². The van der Waals surface area contributed by atoms with E-state index in [9.17, 15) is 8.42 Å². The molecule has 4 heteroatoms. The molecule has 0 aromatic rings. The van der Waals surface area contributed by atoms with E-state index >= 15 is 0 Å². The van der Waals surface area contributed by atoms with Crippen LogP contribution >= 0.6 is 0 Å². The Kier molecular flexibility index (Phi) is 1.58. The van der Waals surface area contributed by atoms with Crippen LogP contribution in [0.1, 0.15) is 26.2 Å². The zero-order valence-corrected chi connectivity index (χ0v) is 8.23. The molecule has 12 heavy (non-hydrogen) atoms. The van der Waals surface area contributed by atoms with Crippen molar-refractivity contribution in [1.29, 1.82) is 0 Å². The lowest BCUT2D eigenvalue weighted by molar-refractivity contribution is 0.0674. The average molecular weight is 190 g/mol. The lowest BCUT2D eigenvalue weighted by Crippen LogP contribution is -2.33. The van der Waals surface area contributed by atoms with Gasteiger partial charge in [0.1, 0.15) is 0 Å². The molecule has 0 aromatic carbocycles. The van der Waals surface area contributed by atoms with Crippen LogP contribution in [0, 0.1) is 11.3 Å². The number of rotatable bonds is 2. The first-order valence-corrected chi connectivity index (χ1v) is 6.09. The van der Waals surface area contributed by atoms with Crippen LogP contribution in [-0.2, 0) is 14.3 Å². The van der Waals surface area contributed by atoms with Crippen LogP contribution in [0.4, 0.5) is 0 Å². The Morgan fingerprint density at radius 1 is 1.42 bits per heavy atom. The second kappa shape index (κ2) is 2.23. The van der Waals surface area contributed by atoms with E-state index in [0.717, 1.165) is 31.4 Å². The molecule has 0 spiro atoms. The summed E-state index contributed by atoms with van der Waals surface area (Å²) < 4.78 is 26.8. The molecule has 2 bridgehead atoms. The first kappa shape index (κ1) is 8.51. The fourth-order valence-electron chi connectivity index (χ4n) is 2.64. The molecular formula is C8H14O3S. The van der Waals surface area contributed by atoms with Crippen molar-refractivity contribution in [2.75, 3.05) is 6.26 Å². The first-order valence-electron chi connectivity index (χ1n) is 4.27. The predicted octanol–water partition coefficient (Wildman–Crippen LogP) is 1.15. The van der Waals surface area contributed by atoms with Crippen LogP contribution in [0.3, 0.4) is 0 Å². The minimum atomic E-state index is -3.25. The van der Waals surface area contributed by atoms with Crippen LogP contribution in [0.25, 0.3) is 0 Å². The number of hydrogen-bond acceptors (Lipinski definition) is 3. The lowest BCUT2D eigenvalue weighted by Gasteiger charge is -2.36. The Balaban J connectivity index is 2.08. The molecule has 3 nitrogen and oxygen atoms in total. The second-order valence-corrected chi connectivity index (χ2v) is 6.05. The van der Waals surface area contributed by atoms with Crippen LogP contribution in [0.5, 0.6) is 0 Å². The van der Waals surface area contributed by atoms with Crippen molar-refractivity contribution < 1.29 is 12.6 Å². The average Bonchev–Trinajstić information content (AvgIpc) is 2.14. The molecule has 3 rings (SSSR count). The molecule has 0 heterocycles. The summed E-state index contributed by atoms with van der Waals surface area (Å²) in [4.78, 5) is 0. The largest absolute Gasteiger partial charge is 0.266 e. The third-order valence-corrected chi connectivity index (χ3v) is 3.71. The Bertz CT molecular complexity index is 287. The first-order chi connectivity index (χ1) is 5.39. The Morgan fingerprint density at radius 3 is 2.33 bits per heavy atom. The summed E-state index contributed by atoms with van der Waals surface area (Å²) in [5, 5.41) is 0. The van der Waals surface area contributed by atoms with Gasteiger partial charge in [0.05, 0.1) is 12.4 Å². The summed E-state index contributed by atoms with van der Waals surface area (Å²) in [6.07, 6.45) is 4.31. The highest BCUT2D eigenvalue weighted by atomic mass is 32.2. The summed E-state index contributed by atoms with van der Waals surface area (Å²) in [7, 11) is -3.25. The second-order valence-electron chi connectivity index (χ2n) is 4.45. The summed E-state index contributed by atoms with van der Waals surface area (Å²) in [5.74, 6) is 0.724. The molecule has 3 aliphatic carbocycles. The molecule has 3 fully saturated rings. The van der Waals surface area contributed by atoms with E-state index in [4.69, 9.17) is 4.18 Å². The number of hydrogen-bond donors (Lipinski definition) is 0. The van der Waals surface area contributed by atoms with Gasteiger partial charge >= 0.3 is 0 Å². The minimum Gasteiger partial charge on any atom is -0.266 e. The van der Waals surface area contributed by atoms with Crippen LogP contribution in [-0.4, -0.2) is 20.8 Å². The molecule has 0 aliphatic heterocycles. The van der Waals surface area contributed by atoms with Crippen molar-refractivity contribution >= 4 is 10.1 Å². The van der Waals surface area contributed by atoms with Gasteiger partial charge in [0, 0.05) is 0 Å². The normalized spacial score (nSPS) is 45.8. The molecule has 3 aliphatic rings. The third-order valence-electron chi connectivity index (χ3n) is 3.13. The fourth-order valence-corrected chi connectivity index (χ4v) is 3.38. The van der Waals surface area contributed by atoms with Gasteiger partial charge in [-0.2, -0.15) is 8.42 Å². The Hall–Kier alpha value is -0.0900. The van der Waals surface area contributed by atoms with Crippen molar-refractivity contribution in [2.45, 2.75) is 32.3 Å². The standard InChI is InChI=1S/C8H14O3S/c1-8-4-6(5-8)3-7(8)11-12(2,9)10/h6-7H,3-5H2,1-2H3/t6?,7-,8?/m0/s1. The smallest absolute Gasteiger partial charge is 0.264 e. The van der Waals surface area contributed by atoms with E-state index in [2.05, 4.69) is 6.92 Å². The van der Waals surface area contributed by atoms with Gasteiger partial charge in [-0.25, -0.2) is 0 Å². The summed E-state index contributed by atoms with van der Waals surface area (Å²) >= 11 is 0. The fraction of sp³-hybridized carbons (Fsp3) is 1.00. The topological polar surface area (TPSA) is 43.4 Å². The molecule has 0 radical (unpaired) electrons. The van der Waals surface area contributed by atoms with Crippen molar-refractivity contribution in [1.82, 2.24) is 0 Å². The maximum Gasteiger partial charge on any atom is 0.264 e. The molecule has 3 saturated carbocycles. The van der Waals surface area contributed by atoms with E-state index in [1.807, 2.05) is 0 Å². The Labute approximate surface area is 73.2 Å². The van der Waals surface area contributed by atoms with Crippen LogP contribution in [0.2, 0.25) is 0 Å². The Morgan fingerprint density at radius 2 is 2.00 bits per heavy atom. The lowest BCUT2D eigenvalue weighted by atomic mass is 9.71. The minimum absolute atomic E-state index is 0.0440. The molecule has 0 aromatic heterocycles. The highest BCUT2D eigenvalue weighted by Crippen LogP contribution is 2.59. The highest BCUT2D eigenvalue weighted by Gasteiger charge is 2.55. The van der Waals surface area contributed by atoms with Gasteiger partial charge in [0.2, 0.25) is 0 Å². The van der Waals surface area contributed by atoms with Gasteiger partial charge < -0.3 is 0 Å². The van der Waals surface area contributed by atoms with E-state index < -0.39 is 10.1 Å². The van der Waals surface area contributed by atoms with Crippen molar-refractivity contribution in [3.63, 3.8) is 0 Å². The van der Waals surface area contributed by atoms with E-state index in [1.54, 1.807) is 0 Å².